The smallest absolute Gasteiger partial charge is 0.160 e. The number of rotatable bonds is 5. The second-order valence-corrected chi connectivity index (χ2v) is 13.8. The van der Waals surface area contributed by atoms with Crippen molar-refractivity contribution >= 4 is 60.5 Å². The standard InChI is InChI=1S/C48H30N4O2/c1-2-9-31(10-3-1)47-51-40(27-41(52-47)33-21-23-37-35-12-5-7-15-43(35)54-45(37)26-33)29-16-18-30(19-17-29)46-38-13-8-24-49-48(38)50-28-39(46)32-20-22-36-34-11-4-6-14-42(34)53-44(36)25-32/h1-16,18-29H,17H2. The van der Waals surface area contributed by atoms with Gasteiger partial charge in [0.1, 0.15) is 22.3 Å². The monoisotopic (exact) mass is 694 g/mol. The van der Waals surface area contributed by atoms with Gasteiger partial charge >= 0.3 is 0 Å². The van der Waals surface area contributed by atoms with Gasteiger partial charge in [-0.2, -0.15) is 0 Å². The highest BCUT2D eigenvalue weighted by molar-refractivity contribution is 6.08. The van der Waals surface area contributed by atoms with Crippen LogP contribution < -0.4 is 0 Å². The van der Waals surface area contributed by atoms with Gasteiger partial charge in [0.25, 0.3) is 0 Å². The minimum Gasteiger partial charge on any atom is -0.456 e. The minimum absolute atomic E-state index is 0.0504. The number of benzene rings is 5. The van der Waals surface area contributed by atoms with Crippen LogP contribution in [0.4, 0.5) is 0 Å². The van der Waals surface area contributed by atoms with Gasteiger partial charge < -0.3 is 8.83 Å². The maximum atomic E-state index is 6.29. The number of hydrogen-bond acceptors (Lipinski definition) is 6. The third-order valence-electron chi connectivity index (χ3n) is 10.6. The summed E-state index contributed by atoms with van der Waals surface area (Å²) in [4.78, 5) is 19.7. The lowest BCUT2D eigenvalue weighted by Gasteiger charge is -2.20. The molecule has 0 saturated heterocycles. The lowest BCUT2D eigenvalue weighted by Crippen LogP contribution is -2.05. The molecule has 0 spiro atoms. The van der Waals surface area contributed by atoms with E-state index in [2.05, 4.69) is 96.0 Å². The molecule has 10 aromatic rings. The highest BCUT2D eigenvalue weighted by atomic mass is 16.3. The van der Waals surface area contributed by atoms with E-state index in [1.807, 2.05) is 66.9 Å². The molecule has 1 aliphatic rings. The molecule has 5 heterocycles. The first kappa shape index (κ1) is 30.4. The van der Waals surface area contributed by atoms with E-state index in [4.69, 9.17) is 23.8 Å². The fourth-order valence-electron chi connectivity index (χ4n) is 7.88. The van der Waals surface area contributed by atoms with Crippen molar-refractivity contribution in [2.24, 2.45) is 0 Å². The summed E-state index contributed by atoms with van der Waals surface area (Å²) in [5, 5.41) is 5.42. The number of fused-ring (bicyclic) bond motifs is 7. The van der Waals surface area contributed by atoms with Gasteiger partial charge in [-0.25, -0.2) is 19.9 Å². The molecular formula is C48H30N4O2. The molecule has 54 heavy (non-hydrogen) atoms. The number of aromatic nitrogens is 4. The van der Waals surface area contributed by atoms with Crippen molar-refractivity contribution in [3.63, 3.8) is 0 Å². The summed E-state index contributed by atoms with van der Waals surface area (Å²) in [6.07, 6.45) is 11.3. The minimum atomic E-state index is 0.0504. The van der Waals surface area contributed by atoms with Crippen molar-refractivity contribution in [3.8, 4) is 33.8 Å². The van der Waals surface area contributed by atoms with Gasteiger partial charge in [0.05, 0.1) is 11.4 Å². The van der Waals surface area contributed by atoms with Gasteiger partial charge in [-0.05, 0) is 72.2 Å². The zero-order valence-corrected chi connectivity index (χ0v) is 29.0. The van der Waals surface area contributed by atoms with Crippen LogP contribution in [0.5, 0.6) is 0 Å². The number of nitrogens with zero attached hydrogens (tertiary/aromatic N) is 4. The number of para-hydroxylation sites is 2. The SMILES string of the molecule is C1=CC(c2cc(-c3ccc4c(c3)oc3ccccc34)nc(-c3ccccc3)n2)CC=C1c1c(-c2ccc3c(c2)oc2ccccc23)cnc2ncccc12. The van der Waals surface area contributed by atoms with E-state index < -0.39 is 0 Å². The highest BCUT2D eigenvalue weighted by Gasteiger charge is 2.22. The maximum Gasteiger partial charge on any atom is 0.160 e. The normalized spacial score (nSPS) is 14.4. The van der Waals surface area contributed by atoms with E-state index in [-0.39, 0.29) is 5.92 Å². The van der Waals surface area contributed by atoms with Crippen LogP contribution in [0.3, 0.4) is 0 Å². The number of hydrogen-bond donors (Lipinski definition) is 0. The van der Waals surface area contributed by atoms with Crippen molar-refractivity contribution in [3.05, 3.63) is 175 Å². The number of furan rings is 2. The van der Waals surface area contributed by atoms with Crippen LogP contribution in [-0.2, 0) is 0 Å². The van der Waals surface area contributed by atoms with Crippen molar-refractivity contribution in [1.29, 1.82) is 0 Å². The lowest BCUT2D eigenvalue weighted by molar-refractivity contribution is 0.668. The van der Waals surface area contributed by atoms with Crippen molar-refractivity contribution in [2.45, 2.75) is 12.3 Å². The summed E-state index contributed by atoms with van der Waals surface area (Å²) >= 11 is 0. The van der Waals surface area contributed by atoms with E-state index in [9.17, 15) is 0 Å². The molecule has 6 heteroatoms. The summed E-state index contributed by atoms with van der Waals surface area (Å²) in [7, 11) is 0. The average Bonchev–Trinajstić information content (AvgIpc) is 3.81. The van der Waals surface area contributed by atoms with Gasteiger partial charge in [-0.15, -0.1) is 0 Å². The molecule has 0 N–H and O–H groups in total. The topological polar surface area (TPSA) is 77.8 Å². The third kappa shape index (κ3) is 5.03. The fraction of sp³-hybridized carbons (Fsp3) is 0.0417. The Hall–Kier alpha value is -7.18. The maximum absolute atomic E-state index is 6.29. The predicted octanol–water partition coefficient (Wildman–Crippen LogP) is 12.3. The quantitative estimate of drug-likeness (QED) is 0.178. The van der Waals surface area contributed by atoms with Gasteiger partial charge in [0.2, 0.25) is 0 Å². The van der Waals surface area contributed by atoms with Crippen molar-refractivity contribution < 1.29 is 8.83 Å². The highest BCUT2D eigenvalue weighted by Crippen LogP contribution is 2.41. The molecule has 0 bridgehead atoms. The first-order valence-electron chi connectivity index (χ1n) is 18.1. The summed E-state index contributed by atoms with van der Waals surface area (Å²) < 4.78 is 12.6. The van der Waals surface area contributed by atoms with E-state index in [0.717, 1.165) is 100 Å². The van der Waals surface area contributed by atoms with Crippen LogP contribution in [0.15, 0.2) is 173 Å². The average molecular weight is 695 g/mol. The van der Waals surface area contributed by atoms with Crippen molar-refractivity contribution in [2.75, 3.05) is 0 Å². The molecule has 5 aromatic heterocycles. The molecule has 0 amide bonds. The second-order valence-electron chi connectivity index (χ2n) is 13.8. The fourth-order valence-corrected chi connectivity index (χ4v) is 7.88. The first-order chi connectivity index (χ1) is 26.7. The van der Waals surface area contributed by atoms with Gasteiger partial charge in [0.15, 0.2) is 11.5 Å². The van der Waals surface area contributed by atoms with Crippen LogP contribution in [0, 0.1) is 0 Å². The van der Waals surface area contributed by atoms with E-state index in [0.29, 0.717) is 11.5 Å². The summed E-state index contributed by atoms with van der Waals surface area (Å²) in [5.74, 6) is 0.750. The van der Waals surface area contributed by atoms with E-state index in [1.54, 1.807) is 6.20 Å². The zero-order chi connectivity index (χ0) is 35.6. The third-order valence-corrected chi connectivity index (χ3v) is 10.6. The molecule has 6 nitrogen and oxygen atoms in total. The zero-order valence-electron chi connectivity index (χ0n) is 29.0. The molecule has 1 aliphatic carbocycles. The van der Waals surface area contributed by atoms with Gasteiger partial charge in [0, 0.05) is 67.5 Å². The van der Waals surface area contributed by atoms with Crippen LogP contribution in [0.2, 0.25) is 0 Å². The van der Waals surface area contributed by atoms with Gasteiger partial charge in [-0.3, -0.25) is 0 Å². The predicted molar refractivity (Wildman–Crippen MR) is 217 cm³/mol. The Morgan fingerprint density at radius 1 is 0.537 bits per heavy atom. The Balaban J connectivity index is 0.997. The first-order valence-corrected chi connectivity index (χ1v) is 18.1. The lowest BCUT2D eigenvalue weighted by atomic mass is 9.86. The molecule has 0 aliphatic heterocycles. The Bertz CT molecular complexity index is 3150. The Morgan fingerprint density at radius 3 is 1.94 bits per heavy atom. The molecular weight excluding hydrogens is 665 g/mol. The Kier molecular flexibility index (Phi) is 6.89. The molecule has 5 aromatic carbocycles. The van der Waals surface area contributed by atoms with Gasteiger partial charge in [-0.1, -0.05) is 97.1 Å². The number of pyridine rings is 2. The molecule has 0 fully saturated rings. The van der Waals surface area contributed by atoms with Crippen molar-refractivity contribution in [1.82, 2.24) is 19.9 Å². The summed E-state index contributed by atoms with van der Waals surface area (Å²) in [6, 6.07) is 45.5. The van der Waals surface area contributed by atoms with E-state index >= 15 is 0 Å². The molecule has 1 atom stereocenters. The van der Waals surface area contributed by atoms with Crippen LogP contribution >= 0.6 is 0 Å². The Morgan fingerprint density at radius 2 is 1.20 bits per heavy atom. The van der Waals surface area contributed by atoms with E-state index in [1.165, 1.54) is 0 Å². The summed E-state index contributed by atoms with van der Waals surface area (Å²) in [6.45, 7) is 0. The van der Waals surface area contributed by atoms with Crippen LogP contribution in [0.25, 0.3) is 94.3 Å². The van der Waals surface area contributed by atoms with Crippen LogP contribution in [-0.4, -0.2) is 19.9 Å². The summed E-state index contributed by atoms with van der Waals surface area (Å²) in [5.41, 5.74) is 12.3. The number of allylic oxidation sites excluding steroid dienone is 4. The van der Waals surface area contributed by atoms with Crippen LogP contribution in [0.1, 0.15) is 23.6 Å². The molecule has 11 rings (SSSR count). The largest absolute Gasteiger partial charge is 0.456 e. The Labute approximate surface area is 309 Å². The molecule has 0 radical (unpaired) electrons. The molecule has 1 unspecified atom stereocenters. The molecule has 0 saturated carbocycles. The molecule has 254 valence electrons. The second kappa shape index (κ2) is 12.2.